The first-order chi connectivity index (χ1) is 9.76. The fourth-order valence-electron chi connectivity index (χ4n) is 2.05. The number of hydrogen-bond acceptors (Lipinski definition) is 5. The molecule has 2 N–H and O–H groups in total. The average Bonchev–Trinajstić information content (AvgIpc) is 3.04. The predicted molar refractivity (Wildman–Crippen MR) is 58.8 cm³/mol. The Labute approximate surface area is 115 Å². The van der Waals surface area contributed by atoms with Gasteiger partial charge in [-0.25, -0.2) is 4.79 Å². The third-order valence-corrected chi connectivity index (χ3v) is 3.31. The minimum atomic E-state index is -4.93. The van der Waals surface area contributed by atoms with Crippen molar-refractivity contribution in [3.8, 4) is 0 Å². The molecule has 0 spiro atoms. The van der Waals surface area contributed by atoms with Crippen LogP contribution in [0.1, 0.15) is 12.2 Å². The van der Waals surface area contributed by atoms with Crippen molar-refractivity contribution in [2.45, 2.75) is 19.1 Å². The Hall–Kier alpha value is -2.33. The molecule has 1 aromatic rings. The Kier molecular flexibility index (Phi) is 3.75. The normalized spacial score (nSPS) is 22.3. The Balaban J connectivity index is 2.00. The molecule has 0 saturated carbocycles. The maximum atomic E-state index is 12.9. The van der Waals surface area contributed by atoms with Crippen molar-refractivity contribution >= 4 is 12.0 Å². The molecule has 0 aromatic carbocycles. The number of rotatable bonds is 3. The highest BCUT2D eigenvalue weighted by atomic mass is 19.4. The molecule has 1 unspecified atom stereocenters. The lowest BCUT2D eigenvalue weighted by Crippen LogP contribution is -2.49. The van der Waals surface area contributed by atoms with Crippen LogP contribution in [0.3, 0.4) is 0 Å². The first-order valence-corrected chi connectivity index (χ1v) is 5.84. The molecule has 0 bridgehead atoms. The standard InChI is InChI=1S/C10H11F3N4O4/c11-10(12,13)9(7(18)19)1-2-17(4-9)8(20)14-3-6-15-5-21-16-6/h5H,1-4H2,(H,14,20)(H,18,19). The van der Waals surface area contributed by atoms with Crippen molar-refractivity contribution in [3.63, 3.8) is 0 Å². The van der Waals surface area contributed by atoms with Crippen LogP contribution in [-0.2, 0) is 11.3 Å². The van der Waals surface area contributed by atoms with Gasteiger partial charge in [0.05, 0.1) is 6.54 Å². The molecule has 2 amide bonds. The molecule has 8 nitrogen and oxygen atoms in total. The molecular weight excluding hydrogens is 297 g/mol. The molecule has 21 heavy (non-hydrogen) atoms. The lowest BCUT2D eigenvalue weighted by molar-refractivity contribution is -0.226. The average molecular weight is 308 g/mol. The SMILES string of the molecule is O=C(NCc1ncon1)N1CCC(C(=O)O)(C(F)(F)F)C1. The molecule has 11 heteroatoms. The highest BCUT2D eigenvalue weighted by Gasteiger charge is 2.64. The van der Waals surface area contributed by atoms with Crippen LogP contribution in [0.15, 0.2) is 10.9 Å². The van der Waals surface area contributed by atoms with E-state index in [1.807, 2.05) is 0 Å². The number of likely N-dealkylation sites (tertiary alicyclic amines) is 1. The second kappa shape index (κ2) is 5.22. The predicted octanol–water partition coefficient (Wildman–Crippen LogP) is 0.618. The molecule has 1 aliphatic heterocycles. The summed E-state index contributed by atoms with van der Waals surface area (Å²) < 4.78 is 43.3. The summed E-state index contributed by atoms with van der Waals surface area (Å²) in [6, 6.07) is -0.813. The number of carboxylic acid groups (broad SMARTS) is 1. The Morgan fingerprint density at radius 2 is 2.24 bits per heavy atom. The molecule has 2 rings (SSSR count). The summed E-state index contributed by atoms with van der Waals surface area (Å²) in [6.07, 6.45) is -4.57. The second-order valence-electron chi connectivity index (χ2n) is 4.56. The summed E-state index contributed by atoms with van der Waals surface area (Å²) in [6.45, 7) is -1.36. The number of hydrogen-bond donors (Lipinski definition) is 2. The van der Waals surface area contributed by atoms with Crippen LogP contribution in [0.4, 0.5) is 18.0 Å². The molecule has 0 aliphatic carbocycles. The third-order valence-electron chi connectivity index (χ3n) is 3.31. The van der Waals surface area contributed by atoms with Crippen LogP contribution in [0.2, 0.25) is 0 Å². The van der Waals surface area contributed by atoms with Crippen LogP contribution in [0.25, 0.3) is 0 Å². The van der Waals surface area contributed by atoms with E-state index in [2.05, 4.69) is 20.0 Å². The quantitative estimate of drug-likeness (QED) is 0.847. The second-order valence-corrected chi connectivity index (χ2v) is 4.56. The van der Waals surface area contributed by atoms with Gasteiger partial charge in [0.2, 0.25) is 6.39 Å². The number of urea groups is 1. The molecule has 1 aliphatic rings. The maximum Gasteiger partial charge on any atom is 0.406 e. The van der Waals surface area contributed by atoms with Gasteiger partial charge in [-0.1, -0.05) is 5.16 Å². The van der Waals surface area contributed by atoms with E-state index in [1.165, 1.54) is 0 Å². The van der Waals surface area contributed by atoms with Crippen LogP contribution in [0.5, 0.6) is 0 Å². The number of nitrogens with one attached hydrogen (secondary N) is 1. The number of halogens is 3. The van der Waals surface area contributed by atoms with Crippen molar-refractivity contribution in [2.75, 3.05) is 13.1 Å². The van der Waals surface area contributed by atoms with E-state index in [9.17, 15) is 22.8 Å². The van der Waals surface area contributed by atoms with Crippen molar-refractivity contribution in [2.24, 2.45) is 5.41 Å². The van der Waals surface area contributed by atoms with Crippen LogP contribution >= 0.6 is 0 Å². The summed E-state index contributed by atoms with van der Waals surface area (Å²) in [5.41, 5.74) is -2.92. The summed E-state index contributed by atoms with van der Waals surface area (Å²) in [7, 11) is 0. The fourth-order valence-corrected chi connectivity index (χ4v) is 2.05. The smallest absolute Gasteiger partial charge is 0.406 e. The van der Waals surface area contributed by atoms with Gasteiger partial charge in [-0.2, -0.15) is 18.2 Å². The minimum absolute atomic E-state index is 0.127. The molecule has 1 saturated heterocycles. The minimum Gasteiger partial charge on any atom is -0.481 e. The maximum absolute atomic E-state index is 12.9. The van der Waals surface area contributed by atoms with E-state index in [4.69, 9.17) is 5.11 Å². The van der Waals surface area contributed by atoms with Gasteiger partial charge in [-0.05, 0) is 6.42 Å². The van der Waals surface area contributed by atoms with E-state index < -0.39 is 36.6 Å². The van der Waals surface area contributed by atoms with Gasteiger partial charge in [0.15, 0.2) is 11.2 Å². The number of nitrogens with zero attached hydrogens (tertiary/aromatic N) is 3. The molecule has 1 aromatic heterocycles. The van der Waals surface area contributed by atoms with Crippen LogP contribution in [0, 0.1) is 5.41 Å². The van der Waals surface area contributed by atoms with Gasteiger partial charge in [-0.3, -0.25) is 4.79 Å². The summed E-state index contributed by atoms with van der Waals surface area (Å²) >= 11 is 0. The third kappa shape index (κ3) is 2.76. The Bertz CT molecular complexity index is 533. The highest BCUT2D eigenvalue weighted by molar-refractivity contribution is 5.80. The zero-order valence-corrected chi connectivity index (χ0v) is 10.6. The number of amides is 2. The van der Waals surface area contributed by atoms with Crippen LogP contribution < -0.4 is 5.32 Å². The van der Waals surface area contributed by atoms with E-state index in [-0.39, 0.29) is 18.9 Å². The van der Waals surface area contributed by atoms with E-state index in [0.717, 1.165) is 11.3 Å². The van der Waals surface area contributed by atoms with Gasteiger partial charge in [0.1, 0.15) is 0 Å². The molecule has 2 heterocycles. The summed E-state index contributed by atoms with van der Waals surface area (Å²) in [5, 5.41) is 14.6. The zero-order valence-electron chi connectivity index (χ0n) is 10.6. The van der Waals surface area contributed by atoms with E-state index in [1.54, 1.807) is 0 Å². The van der Waals surface area contributed by atoms with Gasteiger partial charge in [0.25, 0.3) is 0 Å². The fraction of sp³-hybridized carbons (Fsp3) is 0.600. The number of alkyl halides is 3. The summed E-state index contributed by atoms with van der Waals surface area (Å²) in [4.78, 5) is 27.2. The number of aliphatic carboxylic acids is 1. The van der Waals surface area contributed by atoms with Crippen LogP contribution in [-0.4, -0.2) is 51.4 Å². The lowest BCUT2D eigenvalue weighted by atomic mass is 9.86. The molecular formula is C10H11F3N4O4. The van der Waals surface area contributed by atoms with Gasteiger partial charge >= 0.3 is 18.2 Å². The molecule has 1 fully saturated rings. The number of carbonyl (C=O) groups excluding carboxylic acids is 1. The first-order valence-electron chi connectivity index (χ1n) is 5.84. The number of carboxylic acids is 1. The highest BCUT2D eigenvalue weighted by Crippen LogP contribution is 2.45. The number of aromatic nitrogens is 2. The molecule has 116 valence electrons. The van der Waals surface area contributed by atoms with Gasteiger partial charge in [0, 0.05) is 13.1 Å². The van der Waals surface area contributed by atoms with Crippen molar-refractivity contribution in [1.82, 2.24) is 20.4 Å². The van der Waals surface area contributed by atoms with Crippen molar-refractivity contribution in [1.29, 1.82) is 0 Å². The van der Waals surface area contributed by atoms with E-state index in [0.29, 0.717) is 0 Å². The van der Waals surface area contributed by atoms with Gasteiger partial charge < -0.3 is 19.8 Å². The molecule has 0 radical (unpaired) electrons. The lowest BCUT2D eigenvalue weighted by Gasteiger charge is -2.27. The first kappa shape index (κ1) is 15.1. The topological polar surface area (TPSA) is 109 Å². The van der Waals surface area contributed by atoms with Gasteiger partial charge in [-0.15, -0.1) is 0 Å². The van der Waals surface area contributed by atoms with Crippen molar-refractivity contribution in [3.05, 3.63) is 12.2 Å². The number of carbonyl (C=O) groups is 2. The van der Waals surface area contributed by atoms with E-state index >= 15 is 0 Å². The molecule has 1 atom stereocenters. The Morgan fingerprint density at radius 3 is 2.71 bits per heavy atom. The van der Waals surface area contributed by atoms with Crippen molar-refractivity contribution < 1.29 is 32.4 Å². The summed E-state index contributed by atoms with van der Waals surface area (Å²) in [5.74, 6) is -1.83. The monoisotopic (exact) mass is 308 g/mol. The zero-order chi connectivity index (χ0) is 15.7. The largest absolute Gasteiger partial charge is 0.481 e. The Morgan fingerprint density at radius 1 is 1.52 bits per heavy atom.